The Balaban J connectivity index is 1.91. The maximum atomic E-state index is 11.6. The lowest BCUT2D eigenvalue weighted by molar-refractivity contribution is 0.275. The Labute approximate surface area is 117 Å². The minimum atomic E-state index is -0.160. The van der Waals surface area contributed by atoms with Crippen molar-refractivity contribution in [3.05, 3.63) is 46.5 Å². The standard InChI is InChI=1S/C14H19N3O3/c1-11-15-4-5-17(11)7-6-16(2)9-12-8-13(18)14(19-3)10-20-12/h4-5,8,10H,6-7,9H2,1-3H3. The topological polar surface area (TPSA) is 60.5 Å². The molecule has 0 spiro atoms. The number of imidazole rings is 1. The Morgan fingerprint density at radius 2 is 2.30 bits per heavy atom. The molecule has 6 heteroatoms. The van der Waals surface area contributed by atoms with E-state index < -0.39 is 0 Å². The molecule has 2 heterocycles. The molecular formula is C14H19N3O3. The van der Waals surface area contributed by atoms with Gasteiger partial charge in [0.2, 0.25) is 11.2 Å². The van der Waals surface area contributed by atoms with Crippen LogP contribution in [0.4, 0.5) is 0 Å². The summed E-state index contributed by atoms with van der Waals surface area (Å²) in [5.74, 6) is 1.85. The number of rotatable bonds is 6. The van der Waals surface area contributed by atoms with Crippen LogP contribution in [0.5, 0.6) is 5.75 Å². The predicted molar refractivity (Wildman–Crippen MR) is 74.8 cm³/mol. The van der Waals surface area contributed by atoms with Crippen molar-refractivity contribution in [2.24, 2.45) is 0 Å². The van der Waals surface area contributed by atoms with E-state index in [-0.39, 0.29) is 11.2 Å². The van der Waals surface area contributed by atoms with Gasteiger partial charge in [-0.2, -0.15) is 0 Å². The van der Waals surface area contributed by atoms with Crippen molar-refractivity contribution in [1.82, 2.24) is 14.5 Å². The first-order valence-electron chi connectivity index (χ1n) is 6.42. The molecular weight excluding hydrogens is 258 g/mol. The van der Waals surface area contributed by atoms with Gasteiger partial charge in [0.05, 0.1) is 13.7 Å². The quantitative estimate of drug-likeness (QED) is 0.796. The Bertz CT molecular complexity index is 618. The fourth-order valence-corrected chi connectivity index (χ4v) is 1.93. The van der Waals surface area contributed by atoms with Crippen LogP contribution in [0.1, 0.15) is 11.6 Å². The van der Waals surface area contributed by atoms with Gasteiger partial charge in [0, 0.05) is 31.5 Å². The molecule has 6 nitrogen and oxygen atoms in total. The number of aromatic nitrogens is 2. The van der Waals surface area contributed by atoms with E-state index in [2.05, 4.69) is 14.5 Å². The first-order chi connectivity index (χ1) is 9.60. The molecule has 0 radical (unpaired) electrons. The van der Waals surface area contributed by atoms with Crippen molar-refractivity contribution < 1.29 is 9.15 Å². The highest BCUT2D eigenvalue weighted by Crippen LogP contribution is 2.07. The molecule has 0 aliphatic rings. The van der Waals surface area contributed by atoms with Crippen LogP contribution in [0.25, 0.3) is 0 Å². The third-order valence-corrected chi connectivity index (χ3v) is 3.14. The molecule has 0 amide bonds. The summed E-state index contributed by atoms with van der Waals surface area (Å²) < 4.78 is 12.3. The van der Waals surface area contributed by atoms with Gasteiger partial charge in [0.1, 0.15) is 17.8 Å². The highest BCUT2D eigenvalue weighted by Gasteiger charge is 2.07. The van der Waals surface area contributed by atoms with Gasteiger partial charge in [0.25, 0.3) is 0 Å². The van der Waals surface area contributed by atoms with Gasteiger partial charge < -0.3 is 13.7 Å². The van der Waals surface area contributed by atoms with Crippen LogP contribution in [0.3, 0.4) is 0 Å². The molecule has 0 fully saturated rings. The smallest absolute Gasteiger partial charge is 0.227 e. The van der Waals surface area contributed by atoms with Crippen LogP contribution in [0, 0.1) is 6.92 Å². The average Bonchev–Trinajstić information content (AvgIpc) is 2.82. The lowest BCUT2D eigenvalue weighted by Crippen LogP contribution is -2.23. The average molecular weight is 277 g/mol. The zero-order valence-electron chi connectivity index (χ0n) is 12.0. The lowest BCUT2D eigenvalue weighted by atomic mass is 10.3. The minimum absolute atomic E-state index is 0.160. The second kappa shape index (κ2) is 6.38. The number of methoxy groups -OCH3 is 1. The molecule has 0 aromatic carbocycles. The van der Waals surface area contributed by atoms with Gasteiger partial charge in [0.15, 0.2) is 0 Å². The number of hydrogen-bond donors (Lipinski definition) is 0. The Morgan fingerprint density at radius 3 is 2.90 bits per heavy atom. The van der Waals surface area contributed by atoms with Crippen LogP contribution >= 0.6 is 0 Å². The summed E-state index contributed by atoms with van der Waals surface area (Å²) >= 11 is 0. The molecule has 20 heavy (non-hydrogen) atoms. The second-order valence-corrected chi connectivity index (χ2v) is 4.68. The zero-order valence-corrected chi connectivity index (χ0v) is 12.0. The third-order valence-electron chi connectivity index (χ3n) is 3.14. The number of likely N-dealkylation sites (N-methyl/N-ethyl adjacent to an activating group) is 1. The fraction of sp³-hybridized carbons (Fsp3) is 0.429. The van der Waals surface area contributed by atoms with Crippen molar-refractivity contribution in [2.45, 2.75) is 20.0 Å². The Kier molecular flexibility index (Phi) is 4.57. The molecule has 108 valence electrons. The van der Waals surface area contributed by atoms with Gasteiger partial charge in [-0.25, -0.2) is 4.98 Å². The molecule has 0 unspecified atom stereocenters. The summed E-state index contributed by atoms with van der Waals surface area (Å²) in [5.41, 5.74) is -0.160. The minimum Gasteiger partial charge on any atom is -0.490 e. The van der Waals surface area contributed by atoms with Gasteiger partial charge >= 0.3 is 0 Å². The summed E-state index contributed by atoms with van der Waals surface area (Å²) in [6.45, 7) is 4.24. The van der Waals surface area contributed by atoms with Gasteiger partial charge in [-0.1, -0.05) is 0 Å². The van der Waals surface area contributed by atoms with Gasteiger partial charge in [-0.15, -0.1) is 0 Å². The summed E-state index contributed by atoms with van der Waals surface area (Å²) in [5, 5.41) is 0. The van der Waals surface area contributed by atoms with Gasteiger partial charge in [-0.05, 0) is 14.0 Å². The maximum absolute atomic E-state index is 11.6. The number of nitrogens with zero attached hydrogens (tertiary/aromatic N) is 3. The summed E-state index contributed by atoms with van der Waals surface area (Å²) in [6.07, 6.45) is 5.10. The molecule has 2 aromatic heterocycles. The van der Waals surface area contributed by atoms with Crippen LogP contribution in [-0.4, -0.2) is 35.2 Å². The van der Waals surface area contributed by atoms with E-state index in [0.29, 0.717) is 12.3 Å². The first-order valence-corrected chi connectivity index (χ1v) is 6.42. The molecule has 2 rings (SSSR count). The van der Waals surface area contributed by atoms with Crippen molar-refractivity contribution in [3.8, 4) is 5.75 Å². The van der Waals surface area contributed by atoms with E-state index in [1.54, 1.807) is 6.20 Å². The Hall–Kier alpha value is -2.08. The number of hydrogen-bond acceptors (Lipinski definition) is 5. The highest BCUT2D eigenvalue weighted by molar-refractivity contribution is 5.17. The van der Waals surface area contributed by atoms with Crippen LogP contribution in [-0.2, 0) is 13.1 Å². The van der Waals surface area contributed by atoms with E-state index in [4.69, 9.17) is 9.15 Å². The molecule has 0 N–H and O–H groups in total. The van der Waals surface area contributed by atoms with Crippen molar-refractivity contribution in [2.75, 3.05) is 20.7 Å². The van der Waals surface area contributed by atoms with Crippen LogP contribution in [0.15, 0.2) is 33.9 Å². The zero-order chi connectivity index (χ0) is 14.5. The van der Waals surface area contributed by atoms with Crippen LogP contribution in [0.2, 0.25) is 0 Å². The van der Waals surface area contributed by atoms with Crippen molar-refractivity contribution in [3.63, 3.8) is 0 Å². The summed E-state index contributed by atoms with van der Waals surface area (Å²) in [7, 11) is 3.43. The van der Waals surface area contributed by atoms with Crippen molar-refractivity contribution >= 4 is 0 Å². The normalized spacial score (nSPS) is 11.0. The number of ether oxygens (including phenoxy) is 1. The van der Waals surface area contributed by atoms with Gasteiger partial charge in [-0.3, -0.25) is 9.69 Å². The second-order valence-electron chi connectivity index (χ2n) is 4.68. The van der Waals surface area contributed by atoms with E-state index in [1.807, 2.05) is 20.2 Å². The molecule has 0 saturated heterocycles. The molecule has 2 aromatic rings. The molecule has 0 bridgehead atoms. The van der Waals surface area contributed by atoms with E-state index in [0.717, 1.165) is 18.9 Å². The van der Waals surface area contributed by atoms with Crippen LogP contribution < -0.4 is 10.2 Å². The van der Waals surface area contributed by atoms with Crippen molar-refractivity contribution in [1.29, 1.82) is 0 Å². The molecule has 0 aliphatic heterocycles. The third kappa shape index (κ3) is 3.48. The predicted octanol–water partition coefficient (Wildman–Crippen LogP) is 1.29. The SMILES string of the molecule is COc1coc(CN(C)CCn2ccnc2C)cc1=O. The Morgan fingerprint density at radius 1 is 1.50 bits per heavy atom. The number of aryl methyl sites for hydroxylation is 1. The first kappa shape index (κ1) is 14.3. The lowest BCUT2D eigenvalue weighted by Gasteiger charge is -2.16. The summed E-state index contributed by atoms with van der Waals surface area (Å²) in [6, 6.07) is 1.47. The maximum Gasteiger partial charge on any atom is 0.227 e. The van der Waals surface area contributed by atoms with E-state index in [1.165, 1.54) is 19.4 Å². The van der Waals surface area contributed by atoms with E-state index in [9.17, 15) is 4.79 Å². The summed E-state index contributed by atoms with van der Waals surface area (Å²) in [4.78, 5) is 17.9. The molecule has 0 saturated carbocycles. The fourth-order valence-electron chi connectivity index (χ4n) is 1.93. The molecule has 0 atom stereocenters. The molecule has 0 aliphatic carbocycles. The monoisotopic (exact) mass is 277 g/mol. The van der Waals surface area contributed by atoms with E-state index >= 15 is 0 Å². The highest BCUT2D eigenvalue weighted by atomic mass is 16.5. The largest absolute Gasteiger partial charge is 0.490 e.